The summed E-state index contributed by atoms with van der Waals surface area (Å²) in [7, 11) is -4.03. The fraction of sp³-hybridized carbons (Fsp3) is 0.667. The van der Waals surface area contributed by atoms with Crippen LogP contribution in [0.2, 0.25) is 0 Å². The standard InChI is InChI=1S/C6H14N3O3P/c1-2-6(13(10,11)12)3-9-5-7-4-8-9/h4-6,10-13H,2-3H2,1H3. The fourth-order valence-corrected chi connectivity index (χ4v) is 2.06. The van der Waals surface area contributed by atoms with Gasteiger partial charge in [0, 0.05) is 0 Å². The van der Waals surface area contributed by atoms with Gasteiger partial charge in [0.25, 0.3) is 0 Å². The molecule has 7 heteroatoms. The number of aromatic nitrogens is 3. The van der Waals surface area contributed by atoms with E-state index in [-0.39, 0.29) is 6.54 Å². The van der Waals surface area contributed by atoms with Crippen molar-refractivity contribution in [3.05, 3.63) is 12.7 Å². The van der Waals surface area contributed by atoms with Gasteiger partial charge in [-0.3, -0.25) is 0 Å². The first-order valence-corrected chi connectivity index (χ1v) is 5.95. The average Bonchev–Trinajstić information content (AvgIpc) is 2.49. The van der Waals surface area contributed by atoms with E-state index in [1.54, 1.807) is 6.92 Å². The third kappa shape index (κ3) is 3.00. The molecule has 0 aliphatic rings. The van der Waals surface area contributed by atoms with Crippen molar-refractivity contribution in [2.45, 2.75) is 25.5 Å². The first-order valence-electron chi connectivity index (χ1n) is 4.03. The van der Waals surface area contributed by atoms with Crippen LogP contribution in [0, 0.1) is 0 Å². The van der Waals surface area contributed by atoms with E-state index in [1.165, 1.54) is 17.3 Å². The monoisotopic (exact) mass is 207 g/mol. The zero-order valence-electron chi connectivity index (χ0n) is 7.33. The second-order valence-electron chi connectivity index (χ2n) is 2.91. The van der Waals surface area contributed by atoms with Crippen LogP contribution in [0.1, 0.15) is 13.3 Å². The molecular formula is C6H14N3O3P. The van der Waals surface area contributed by atoms with Gasteiger partial charge in [0.05, 0.1) is 0 Å². The van der Waals surface area contributed by atoms with E-state index in [9.17, 15) is 0 Å². The predicted molar refractivity (Wildman–Crippen MR) is 49.1 cm³/mol. The molecule has 0 aromatic carbocycles. The fourth-order valence-electron chi connectivity index (χ4n) is 1.08. The van der Waals surface area contributed by atoms with Crippen LogP contribution >= 0.6 is 7.94 Å². The summed E-state index contributed by atoms with van der Waals surface area (Å²) in [6.45, 7) is 2.07. The van der Waals surface area contributed by atoms with Gasteiger partial charge in [-0.25, -0.2) is 0 Å². The Hall–Kier alpha value is -0.550. The Morgan fingerprint density at radius 1 is 1.46 bits per heavy atom. The van der Waals surface area contributed by atoms with Crippen molar-refractivity contribution < 1.29 is 14.7 Å². The van der Waals surface area contributed by atoms with Gasteiger partial charge in [-0.1, -0.05) is 0 Å². The molecule has 1 atom stereocenters. The van der Waals surface area contributed by atoms with E-state index < -0.39 is 13.6 Å². The van der Waals surface area contributed by atoms with E-state index in [0.717, 1.165) is 0 Å². The normalized spacial score (nSPS) is 15.7. The second-order valence-corrected chi connectivity index (χ2v) is 5.10. The first kappa shape index (κ1) is 10.5. The molecule has 0 amide bonds. The van der Waals surface area contributed by atoms with Crippen molar-refractivity contribution in [3.63, 3.8) is 0 Å². The second kappa shape index (κ2) is 4.11. The van der Waals surface area contributed by atoms with Gasteiger partial charge >= 0.3 is 75.6 Å². The minimum atomic E-state index is -4.03. The van der Waals surface area contributed by atoms with Crippen LogP contribution in [0.3, 0.4) is 0 Å². The topological polar surface area (TPSA) is 91.4 Å². The summed E-state index contributed by atoms with van der Waals surface area (Å²) in [6.07, 6.45) is 3.33. The Morgan fingerprint density at radius 2 is 2.15 bits per heavy atom. The van der Waals surface area contributed by atoms with E-state index in [4.69, 9.17) is 14.7 Å². The van der Waals surface area contributed by atoms with Crippen LogP contribution in [-0.2, 0) is 6.54 Å². The molecule has 1 heterocycles. The van der Waals surface area contributed by atoms with Crippen molar-refractivity contribution in [3.8, 4) is 0 Å². The Labute approximate surface area is 76.4 Å². The summed E-state index contributed by atoms with van der Waals surface area (Å²) in [5, 5.41) is 3.81. The zero-order chi connectivity index (χ0) is 9.90. The third-order valence-corrected chi connectivity index (χ3v) is 3.60. The van der Waals surface area contributed by atoms with E-state index in [0.29, 0.717) is 6.42 Å². The summed E-state index contributed by atoms with van der Waals surface area (Å²) >= 11 is 0. The minimum absolute atomic E-state index is 0.284. The van der Waals surface area contributed by atoms with Crippen LogP contribution in [0.5, 0.6) is 0 Å². The van der Waals surface area contributed by atoms with E-state index in [2.05, 4.69) is 10.1 Å². The van der Waals surface area contributed by atoms with Crippen LogP contribution in [0.25, 0.3) is 0 Å². The maximum atomic E-state index is 9.06. The molecule has 0 spiro atoms. The summed E-state index contributed by atoms with van der Waals surface area (Å²) in [4.78, 5) is 30.9. The van der Waals surface area contributed by atoms with Crippen molar-refractivity contribution in [2.24, 2.45) is 0 Å². The van der Waals surface area contributed by atoms with Crippen molar-refractivity contribution in [1.29, 1.82) is 0 Å². The number of rotatable bonds is 4. The molecule has 0 fully saturated rings. The van der Waals surface area contributed by atoms with Gasteiger partial charge in [0.15, 0.2) is 0 Å². The van der Waals surface area contributed by atoms with Gasteiger partial charge in [-0.2, -0.15) is 0 Å². The van der Waals surface area contributed by atoms with Gasteiger partial charge in [-0.05, 0) is 0 Å². The molecule has 1 aromatic rings. The zero-order valence-corrected chi connectivity index (χ0v) is 8.33. The summed E-state index contributed by atoms with van der Waals surface area (Å²) in [5.74, 6) is 0. The summed E-state index contributed by atoms with van der Waals surface area (Å²) in [5.41, 5.74) is -0.533. The van der Waals surface area contributed by atoms with E-state index >= 15 is 0 Å². The molecule has 1 aromatic heterocycles. The van der Waals surface area contributed by atoms with Crippen LogP contribution in [-0.4, -0.2) is 35.1 Å². The predicted octanol–water partition coefficient (Wildman–Crippen LogP) is -0.472. The van der Waals surface area contributed by atoms with Crippen molar-refractivity contribution in [2.75, 3.05) is 0 Å². The van der Waals surface area contributed by atoms with Gasteiger partial charge in [0.1, 0.15) is 0 Å². The molecule has 0 saturated heterocycles. The van der Waals surface area contributed by atoms with Crippen LogP contribution in [0.4, 0.5) is 0 Å². The quantitative estimate of drug-likeness (QED) is 0.580. The number of hydrogen-bond acceptors (Lipinski definition) is 5. The summed E-state index contributed by atoms with van der Waals surface area (Å²) < 4.78 is 1.47. The third-order valence-electron chi connectivity index (χ3n) is 1.91. The first-order chi connectivity index (χ1) is 6.04. The molecule has 1 rings (SSSR count). The van der Waals surface area contributed by atoms with Gasteiger partial charge < -0.3 is 0 Å². The Kier molecular flexibility index (Phi) is 3.33. The Balaban J connectivity index is 2.60. The summed E-state index contributed by atoms with van der Waals surface area (Å²) in [6, 6.07) is 0. The van der Waals surface area contributed by atoms with Crippen LogP contribution < -0.4 is 0 Å². The molecule has 76 valence electrons. The molecular weight excluding hydrogens is 193 g/mol. The molecule has 6 nitrogen and oxygen atoms in total. The van der Waals surface area contributed by atoms with E-state index in [1.807, 2.05) is 0 Å². The van der Waals surface area contributed by atoms with Gasteiger partial charge in [-0.15, -0.1) is 0 Å². The Bertz CT molecular complexity index is 246. The molecule has 0 aliphatic heterocycles. The number of hydrogen-bond donors (Lipinski definition) is 3. The van der Waals surface area contributed by atoms with Crippen LogP contribution in [0.15, 0.2) is 12.7 Å². The molecule has 13 heavy (non-hydrogen) atoms. The number of nitrogens with zero attached hydrogens (tertiary/aromatic N) is 3. The Morgan fingerprint density at radius 3 is 2.54 bits per heavy atom. The van der Waals surface area contributed by atoms with Crippen molar-refractivity contribution in [1.82, 2.24) is 14.8 Å². The van der Waals surface area contributed by atoms with Crippen molar-refractivity contribution >= 4 is 7.94 Å². The molecule has 1 unspecified atom stereocenters. The average molecular weight is 207 g/mol. The SMILES string of the molecule is CCC(Cn1cncn1)[PH](O)(O)O. The molecule has 3 N–H and O–H groups in total. The van der Waals surface area contributed by atoms with Gasteiger partial charge in [0.2, 0.25) is 0 Å². The molecule has 0 bridgehead atoms. The molecule has 0 radical (unpaired) electrons. The molecule has 0 aliphatic carbocycles. The molecule has 0 saturated carbocycles. The maximum absolute atomic E-state index is 9.06.